The van der Waals surface area contributed by atoms with E-state index < -0.39 is 0 Å². The normalized spacial score (nSPS) is 18.3. The molecule has 1 aliphatic heterocycles. The van der Waals surface area contributed by atoms with E-state index in [1.165, 1.54) is 0 Å². The number of hydrogen-bond donors (Lipinski definition) is 0. The van der Waals surface area contributed by atoms with Gasteiger partial charge in [-0.15, -0.1) is 0 Å². The van der Waals surface area contributed by atoms with Crippen LogP contribution in [-0.4, -0.2) is 25.6 Å². The summed E-state index contributed by atoms with van der Waals surface area (Å²) in [6.07, 6.45) is 4.80. The van der Waals surface area contributed by atoms with Crippen LogP contribution in [0.25, 0.3) is 0 Å². The molecular weight excluding hydrogens is 180 g/mol. The summed E-state index contributed by atoms with van der Waals surface area (Å²) in [5.74, 6) is 0.0917. The predicted octanol–water partition coefficient (Wildman–Crippen LogP) is 2.06. The SMILES string of the molecule is CCCC(OC)C(=O)C1=COCCC1. The Morgan fingerprint density at radius 2 is 2.50 bits per heavy atom. The van der Waals surface area contributed by atoms with E-state index in [9.17, 15) is 4.79 Å². The van der Waals surface area contributed by atoms with E-state index >= 15 is 0 Å². The molecule has 1 heterocycles. The highest BCUT2D eigenvalue weighted by atomic mass is 16.5. The van der Waals surface area contributed by atoms with Crippen molar-refractivity contribution in [2.45, 2.75) is 38.7 Å². The van der Waals surface area contributed by atoms with E-state index in [2.05, 4.69) is 0 Å². The molecule has 0 N–H and O–H groups in total. The van der Waals surface area contributed by atoms with Gasteiger partial charge in [0.15, 0.2) is 5.78 Å². The number of carbonyl (C=O) groups excluding carboxylic acids is 1. The van der Waals surface area contributed by atoms with Gasteiger partial charge in [-0.05, 0) is 19.3 Å². The number of carbonyl (C=O) groups is 1. The van der Waals surface area contributed by atoms with Crippen molar-refractivity contribution in [2.75, 3.05) is 13.7 Å². The fraction of sp³-hybridized carbons (Fsp3) is 0.727. The summed E-state index contributed by atoms with van der Waals surface area (Å²) >= 11 is 0. The van der Waals surface area contributed by atoms with Crippen LogP contribution < -0.4 is 0 Å². The molecule has 3 heteroatoms. The van der Waals surface area contributed by atoms with Crippen LogP contribution in [0.2, 0.25) is 0 Å². The lowest BCUT2D eigenvalue weighted by Gasteiger charge is -2.17. The Balaban J connectivity index is 2.56. The molecule has 0 aliphatic carbocycles. The molecule has 0 spiro atoms. The Morgan fingerprint density at radius 3 is 3.00 bits per heavy atom. The summed E-state index contributed by atoms with van der Waals surface area (Å²) < 4.78 is 10.3. The number of Topliss-reactive ketones (excluding diaryl/α,β-unsaturated/α-hetero) is 1. The minimum absolute atomic E-state index is 0.0917. The van der Waals surface area contributed by atoms with Crippen molar-refractivity contribution in [1.82, 2.24) is 0 Å². The van der Waals surface area contributed by atoms with Gasteiger partial charge in [0.2, 0.25) is 0 Å². The van der Waals surface area contributed by atoms with Gasteiger partial charge in [-0.25, -0.2) is 0 Å². The van der Waals surface area contributed by atoms with Crippen molar-refractivity contribution in [3.63, 3.8) is 0 Å². The molecule has 0 amide bonds. The van der Waals surface area contributed by atoms with E-state index in [1.807, 2.05) is 6.92 Å². The van der Waals surface area contributed by atoms with Crippen LogP contribution in [0.3, 0.4) is 0 Å². The van der Waals surface area contributed by atoms with E-state index in [-0.39, 0.29) is 11.9 Å². The van der Waals surface area contributed by atoms with Gasteiger partial charge in [-0.3, -0.25) is 4.79 Å². The fourth-order valence-electron chi connectivity index (χ4n) is 1.57. The molecule has 0 fully saturated rings. The first kappa shape index (κ1) is 11.2. The molecule has 0 radical (unpaired) electrons. The van der Waals surface area contributed by atoms with Gasteiger partial charge in [0.1, 0.15) is 6.10 Å². The van der Waals surface area contributed by atoms with E-state index in [1.54, 1.807) is 13.4 Å². The minimum Gasteiger partial charge on any atom is -0.501 e. The van der Waals surface area contributed by atoms with Crippen LogP contribution in [0.4, 0.5) is 0 Å². The van der Waals surface area contributed by atoms with Crippen molar-refractivity contribution in [2.24, 2.45) is 0 Å². The molecule has 0 aromatic heterocycles. The van der Waals surface area contributed by atoms with Crippen molar-refractivity contribution in [1.29, 1.82) is 0 Å². The number of ketones is 1. The standard InChI is InChI=1S/C11H18O3/c1-3-5-10(13-2)11(12)9-6-4-7-14-8-9/h8,10H,3-7H2,1-2H3. The number of ether oxygens (including phenoxy) is 2. The van der Waals surface area contributed by atoms with Crippen molar-refractivity contribution >= 4 is 5.78 Å². The van der Waals surface area contributed by atoms with Crippen molar-refractivity contribution in [3.05, 3.63) is 11.8 Å². The zero-order chi connectivity index (χ0) is 10.4. The summed E-state index contributed by atoms with van der Waals surface area (Å²) in [6, 6.07) is 0. The maximum absolute atomic E-state index is 11.8. The summed E-state index contributed by atoms with van der Waals surface area (Å²) in [4.78, 5) is 11.8. The Bertz CT molecular complexity index is 221. The molecule has 0 bridgehead atoms. The summed E-state index contributed by atoms with van der Waals surface area (Å²) in [6.45, 7) is 2.77. The molecule has 14 heavy (non-hydrogen) atoms. The lowest BCUT2D eigenvalue weighted by Crippen LogP contribution is -2.25. The lowest BCUT2D eigenvalue weighted by molar-refractivity contribution is -0.125. The molecule has 1 atom stereocenters. The molecule has 1 unspecified atom stereocenters. The molecule has 80 valence electrons. The second-order valence-electron chi connectivity index (χ2n) is 3.49. The Morgan fingerprint density at radius 1 is 1.71 bits per heavy atom. The van der Waals surface area contributed by atoms with Crippen LogP contribution >= 0.6 is 0 Å². The zero-order valence-electron chi connectivity index (χ0n) is 8.91. The molecule has 1 rings (SSSR count). The molecular formula is C11H18O3. The molecule has 0 aromatic rings. The molecule has 3 nitrogen and oxygen atoms in total. The number of rotatable bonds is 5. The maximum atomic E-state index is 11.8. The third kappa shape index (κ3) is 2.84. The third-order valence-electron chi connectivity index (χ3n) is 2.38. The maximum Gasteiger partial charge on any atom is 0.190 e. The third-order valence-corrected chi connectivity index (χ3v) is 2.38. The van der Waals surface area contributed by atoms with Crippen LogP contribution in [0.15, 0.2) is 11.8 Å². The highest BCUT2D eigenvalue weighted by molar-refractivity contribution is 5.98. The van der Waals surface area contributed by atoms with Gasteiger partial charge in [0.05, 0.1) is 12.9 Å². The molecule has 0 saturated heterocycles. The monoisotopic (exact) mass is 198 g/mol. The Kier molecular flexibility index (Phi) is 4.66. The summed E-state index contributed by atoms with van der Waals surface area (Å²) in [5, 5.41) is 0. The van der Waals surface area contributed by atoms with Crippen LogP contribution in [-0.2, 0) is 14.3 Å². The average Bonchev–Trinajstić information content (AvgIpc) is 2.26. The second kappa shape index (κ2) is 5.81. The van der Waals surface area contributed by atoms with Crippen LogP contribution in [0.1, 0.15) is 32.6 Å². The largest absolute Gasteiger partial charge is 0.501 e. The first-order chi connectivity index (χ1) is 6.79. The second-order valence-corrected chi connectivity index (χ2v) is 3.49. The first-order valence-corrected chi connectivity index (χ1v) is 5.17. The quantitative estimate of drug-likeness (QED) is 0.678. The molecule has 1 aliphatic rings. The highest BCUT2D eigenvalue weighted by Gasteiger charge is 2.22. The minimum atomic E-state index is -0.284. The van der Waals surface area contributed by atoms with Gasteiger partial charge >= 0.3 is 0 Å². The predicted molar refractivity (Wildman–Crippen MR) is 54.0 cm³/mol. The fourth-order valence-corrected chi connectivity index (χ4v) is 1.57. The van der Waals surface area contributed by atoms with Crippen molar-refractivity contribution < 1.29 is 14.3 Å². The van der Waals surface area contributed by atoms with Crippen molar-refractivity contribution in [3.8, 4) is 0 Å². The highest BCUT2D eigenvalue weighted by Crippen LogP contribution is 2.17. The summed E-state index contributed by atoms with van der Waals surface area (Å²) in [5.41, 5.74) is 0.775. The molecule has 0 aromatic carbocycles. The zero-order valence-corrected chi connectivity index (χ0v) is 8.91. The van der Waals surface area contributed by atoms with Gasteiger partial charge in [0.25, 0.3) is 0 Å². The Hall–Kier alpha value is -0.830. The van der Waals surface area contributed by atoms with E-state index in [4.69, 9.17) is 9.47 Å². The summed E-state index contributed by atoms with van der Waals surface area (Å²) in [7, 11) is 1.59. The average molecular weight is 198 g/mol. The smallest absolute Gasteiger partial charge is 0.190 e. The molecule has 0 saturated carbocycles. The first-order valence-electron chi connectivity index (χ1n) is 5.17. The van der Waals surface area contributed by atoms with Gasteiger partial charge in [-0.1, -0.05) is 13.3 Å². The van der Waals surface area contributed by atoms with Crippen LogP contribution in [0.5, 0.6) is 0 Å². The van der Waals surface area contributed by atoms with E-state index in [0.29, 0.717) is 0 Å². The van der Waals surface area contributed by atoms with E-state index in [0.717, 1.165) is 37.9 Å². The van der Waals surface area contributed by atoms with Gasteiger partial charge < -0.3 is 9.47 Å². The Labute approximate surface area is 85.1 Å². The van der Waals surface area contributed by atoms with Gasteiger partial charge in [-0.2, -0.15) is 0 Å². The lowest BCUT2D eigenvalue weighted by atomic mass is 9.99. The van der Waals surface area contributed by atoms with Crippen LogP contribution in [0, 0.1) is 0 Å². The number of hydrogen-bond acceptors (Lipinski definition) is 3. The van der Waals surface area contributed by atoms with Gasteiger partial charge in [0, 0.05) is 12.7 Å². The topological polar surface area (TPSA) is 35.5 Å². The number of methoxy groups -OCH3 is 1.